The van der Waals surface area contributed by atoms with Crippen LogP contribution in [0.4, 0.5) is 4.39 Å². The summed E-state index contributed by atoms with van der Waals surface area (Å²) in [5, 5.41) is 2.66. The van der Waals surface area contributed by atoms with Gasteiger partial charge in [-0.1, -0.05) is 48.5 Å². The van der Waals surface area contributed by atoms with Crippen LogP contribution in [0.5, 0.6) is 0 Å². The van der Waals surface area contributed by atoms with Crippen molar-refractivity contribution in [2.75, 3.05) is 6.54 Å². The molecule has 3 rings (SSSR count). The molecule has 1 heterocycles. The maximum absolute atomic E-state index is 13.7. The van der Waals surface area contributed by atoms with E-state index in [4.69, 9.17) is 0 Å². The van der Waals surface area contributed by atoms with Crippen LogP contribution in [0.1, 0.15) is 38.8 Å². The summed E-state index contributed by atoms with van der Waals surface area (Å²) in [5.74, 6) is -0.997. The van der Waals surface area contributed by atoms with E-state index >= 15 is 0 Å². The minimum atomic E-state index is -0.415. The minimum Gasteiger partial charge on any atom is -0.348 e. The number of amides is 2. The molecule has 148 valence electrons. The first-order valence-corrected chi connectivity index (χ1v) is 9.38. The molecule has 2 amide bonds. The maximum Gasteiger partial charge on any atom is 0.255 e. The van der Waals surface area contributed by atoms with Crippen LogP contribution < -0.4 is 5.32 Å². The Labute approximate surface area is 169 Å². The summed E-state index contributed by atoms with van der Waals surface area (Å²) in [6.45, 7) is 2.95. The van der Waals surface area contributed by atoms with E-state index in [-0.39, 0.29) is 23.8 Å². The van der Waals surface area contributed by atoms with Crippen LogP contribution in [0.25, 0.3) is 0 Å². The topological polar surface area (TPSA) is 62.3 Å². The van der Waals surface area contributed by atoms with Crippen molar-refractivity contribution < 1.29 is 14.0 Å². The van der Waals surface area contributed by atoms with Crippen LogP contribution in [0, 0.1) is 5.82 Å². The molecule has 0 fully saturated rings. The average molecular weight is 391 g/mol. The van der Waals surface area contributed by atoms with E-state index in [2.05, 4.69) is 10.3 Å². The molecule has 0 atom stereocenters. The predicted octanol–water partition coefficient (Wildman–Crippen LogP) is 3.81. The van der Waals surface area contributed by atoms with Gasteiger partial charge in [0.05, 0.1) is 11.1 Å². The summed E-state index contributed by atoms with van der Waals surface area (Å²) < 4.78 is 13.7. The molecule has 0 saturated carbocycles. The summed E-state index contributed by atoms with van der Waals surface area (Å²) in [6.07, 6.45) is 2.84. The Kier molecular flexibility index (Phi) is 6.68. The number of hydrogen-bond donors (Lipinski definition) is 1. The zero-order valence-corrected chi connectivity index (χ0v) is 16.1. The first-order chi connectivity index (χ1) is 14.1. The van der Waals surface area contributed by atoms with Crippen LogP contribution in [0.15, 0.2) is 73.1 Å². The number of nitrogens with one attached hydrogen (secondary N) is 1. The van der Waals surface area contributed by atoms with E-state index in [0.29, 0.717) is 24.2 Å². The van der Waals surface area contributed by atoms with Crippen molar-refractivity contribution in [2.45, 2.75) is 20.0 Å². The van der Waals surface area contributed by atoms with Crippen molar-refractivity contribution >= 4 is 11.8 Å². The van der Waals surface area contributed by atoms with Crippen LogP contribution >= 0.6 is 0 Å². The number of carbonyl (C=O) groups excluding carboxylic acids is 2. The third-order valence-corrected chi connectivity index (χ3v) is 4.53. The molecular formula is C23H22FN3O2. The molecule has 0 spiro atoms. The number of rotatable bonds is 7. The normalized spacial score (nSPS) is 10.4. The molecule has 2 aromatic carbocycles. The van der Waals surface area contributed by atoms with E-state index in [1.807, 2.05) is 37.3 Å². The summed E-state index contributed by atoms with van der Waals surface area (Å²) in [7, 11) is 0. The van der Waals surface area contributed by atoms with Gasteiger partial charge in [0, 0.05) is 37.6 Å². The molecule has 29 heavy (non-hydrogen) atoms. The first kappa shape index (κ1) is 20.2. The fourth-order valence-corrected chi connectivity index (χ4v) is 2.91. The molecule has 0 aliphatic carbocycles. The maximum atomic E-state index is 13.7. The van der Waals surface area contributed by atoms with Gasteiger partial charge in [0.25, 0.3) is 11.8 Å². The number of hydrogen-bond acceptors (Lipinski definition) is 3. The number of benzene rings is 2. The van der Waals surface area contributed by atoms with Crippen molar-refractivity contribution in [3.8, 4) is 0 Å². The summed E-state index contributed by atoms with van der Waals surface area (Å²) in [6, 6.07) is 17.5. The molecule has 0 unspecified atom stereocenters. The Balaban J connectivity index is 1.69. The second-order valence-corrected chi connectivity index (χ2v) is 6.54. The number of pyridine rings is 1. The second-order valence-electron chi connectivity index (χ2n) is 6.54. The van der Waals surface area contributed by atoms with E-state index in [9.17, 15) is 14.0 Å². The second kappa shape index (κ2) is 9.59. The Morgan fingerprint density at radius 2 is 1.69 bits per heavy atom. The molecule has 0 radical (unpaired) electrons. The number of halogens is 1. The SMILES string of the molecule is CCN(Cc1ccccc1)C(=O)c1cncc(C(=O)NCc2ccccc2F)c1. The molecule has 0 aliphatic rings. The fourth-order valence-electron chi connectivity index (χ4n) is 2.91. The van der Waals surface area contributed by atoms with Gasteiger partial charge in [-0.3, -0.25) is 14.6 Å². The van der Waals surface area contributed by atoms with Crippen LogP contribution in [-0.2, 0) is 13.1 Å². The number of aromatic nitrogens is 1. The fraction of sp³-hybridized carbons (Fsp3) is 0.174. The van der Waals surface area contributed by atoms with E-state index < -0.39 is 5.91 Å². The molecular weight excluding hydrogens is 369 g/mol. The highest BCUT2D eigenvalue weighted by atomic mass is 19.1. The standard InChI is InChI=1S/C23H22FN3O2/c1-2-27(16-17-8-4-3-5-9-17)23(29)20-12-19(13-25-14-20)22(28)26-15-18-10-6-7-11-21(18)24/h3-14H,2,15-16H2,1H3,(H,26,28). The molecule has 5 nitrogen and oxygen atoms in total. The van der Waals surface area contributed by atoms with Gasteiger partial charge < -0.3 is 10.2 Å². The highest BCUT2D eigenvalue weighted by Gasteiger charge is 2.17. The van der Waals surface area contributed by atoms with Gasteiger partial charge in [-0.25, -0.2) is 4.39 Å². The molecule has 0 aliphatic heterocycles. The summed E-state index contributed by atoms with van der Waals surface area (Å²) >= 11 is 0. The van der Waals surface area contributed by atoms with Crippen LogP contribution in [0.3, 0.4) is 0 Å². The highest BCUT2D eigenvalue weighted by Crippen LogP contribution is 2.12. The van der Waals surface area contributed by atoms with Crippen molar-refractivity contribution in [3.05, 3.63) is 101 Å². The smallest absolute Gasteiger partial charge is 0.255 e. The van der Waals surface area contributed by atoms with E-state index in [1.165, 1.54) is 24.5 Å². The van der Waals surface area contributed by atoms with Crippen molar-refractivity contribution in [1.29, 1.82) is 0 Å². The predicted molar refractivity (Wildman–Crippen MR) is 109 cm³/mol. The van der Waals surface area contributed by atoms with Gasteiger partial charge in [-0.2, -0.15) is 0 Å². The van der Waals surface area contributed by atoms with Gasteiger partial charge in [-0.05, 0) is 24.6 Å². The largest absolute Gasteiger partial charge is 0.348 e. The van der Waals surface area contributed by atoms with Crippen molar-refractivity contribution in [2.24, 2.45) is 0 Å². The summed E-state index contributed by atoms with van der Waals surface area (Å²) in [4.78, 5) is 31.0. The zero-order chi connectivity index (χ0) is 20.6. The summed E-state index contributed by atoms with van der Waals surface area (Å²) in [5.41, 5.74) is 2.00. The molecule has 1 N–H and O–H groups in total. The first-order valence-electron chi connectivity index (χ1n) is 9.38. The minimum absolute atomic E-state index is 0.0543. The third-order valence-electron chi connectivity index (χ3n) is 4.53. The zero-order valence-electron chi connectivity index (χ0n) is 16.1. The number of nitrogens with zero attached hydrogens (tertiary/aromatic N) is 2. The molecule has 0 saturated heterocycles. The van der Waals surface area contributed by atoms with E-state index in [1.54, 1.807) is 23.1 Å². The Morgan fingerprint density at radius 1 is 1.00 bits per heavy atom. The van der Waals surface area contributed by atoms with Crippen molar-refractivity contribution in [3.63, 3.8) is 0 Å². The monoisotopic (exact) mass is 391 g/mol. The van der Waals surface area contributed by atoms with Gasteiger partial charge >= 0.3 is 0 Å². The number of carbonyl (C=O) groups is 2. The van der Waals surface area contributed by atoms with Gasteiger partial charge in [0.2, 0.25) is 0 Å². The van der Waals surface area contributed by atoms with Gasteiger partial charge in [0.15, 0.2) is 0 Å². The highest BCUT2D eigenvalue weighted by molar-refractivity contribution is 5.99. The average Bonchev–Trinajstić information content (AvgIpc) is 2.77. The molecule has 3 aromatic rings. The van der Waals surface area contributed by atoms with Crippen LogP contribution in [0.2, 0.25) is 0 Å². The molecule has 6 heteroatoms. The lowest BCUT2D eigenvalue weighted by Crippen LogP contribution is -2.31. The lowest BCUT2D eigenvalue weighted by Gasteiger charge is -2.21. The Bertz CT molecular complexity index is 992. The molecule has 0 bridgehead atoms. The lowest BCUT2D eigenvalue weighted by atomic mass is 10.1. The third kappa shape index (κ3) is 5.25. The van der Waals surface area contributed by atoms with Crippen molar-refractivity contribution in [1.82, 2.24) is 15.2 Å². The Morgan fingerprint density at radius 3 is 2.41 bits per heavy atom. The van der Waals surface area contributed by atoms with Gasteiger partial charge in [0.1, 0.15) is 5.82 Å². The molecule has 1 aromatic heterocycles. The quantitative estimate of drug-likeness (QED) is 0.666. The van der Waals surface area contributed by atoms with E-state index in [0.717, 1.165) is 5.56 Å². The van der Waals surface area contributed by atoms with Crippen LogP contribution in [-0.4, -0.2) is 28.2 Å². The van der Waals surface area contributed by atoms with Gasteiger partial charge in [-0.15, -0.1) is 0 Å². The lowest BCUT2D eigenvalue weighted by molar-refractivity contribution is 0.0752. The Hall–Kier alpha value is -3.54.